The Labute approximate surface area is 80.9 Å². The Morgan fingerprint density at radius 1 is 1.33 bits per heavy atom. The number of piperidine rings is 1. The molecule has 0 bridgehead atoms. The van der Waals surface area contributed by atoms with Gasteiger partial charge in [-0.05, 0) is 62.9 Å². The lowest BCUT2D eigenvalue weighted by atomic mass is 9.58. The second-order valence-corrected chi connectivity index (χ2v) is 5.13. The lowest BCUT2D eigenvalue weighted by Crippen LogP contribution is -2.46. The first kappa shape index (κ1) is 8.89. The van der Waals surface area contributed by atoms with Gasteiger partial charge in [-0.2, -0.15) is 12.6 Å². The minimum Gasteiger partial charge on any atom is -0.306 e. The van der Waals surface area contributed by atoms with E-state index in [0.717, 1.165) is 17.1 Å². The highest BCUT2D eigenvalue weighted by molar-refractivity contribution is 7.80. The third-order valence-electron chi connectivity index (χ3n) is 3.75. The molecule has 2 aliphatic rings. The highest BCUT2D eigenvalue weighted by Gasteiger charge is 2.44. The highest BCUT2D eigenvalue weighted by Crippen LogP contribution is 2.52. The number of rotatable bonds is 1. The largest absolute Gasteiger partial charge is 0.306 e. The summed E-state index contributed by atoms with van der Waals surface area (Å²) >= 11 is 4.36. The van der Waals surface area contributed by atoms with Crippen molar-refractivity contribution in [3.63, 3.8) is 0 Å². The zero-order chi connectivity index (χ0) is 8.60. The molecular formula is C10H19NS. The fourth-order valence-corrected chi connectivity index (χ4v) is 3.05. The Kier molecular flexibility index (Phi) is 2.39. The van der Waals surface area contributed by atoms with Crippen molar-refractivity contribution in [3.05, 3.63) is 0 Å². The number of likely N-dealkylation sites (tertiary alicyclic amines) is 1. The van der Waals surface area contributed by atoms with E-state index in [-0.39, 0.29) is 0 Å². The van der Waals surface area contributed by atoms with Gasteiger partial charge in [-0.25, -0.2) is 0 Å². The van der Waals surface area contributed by atoms with Crippen LogP contribution < -0.4 is 0 Å². The van der Waals surface area contributed by atoms with E-state index >= 15 is 0 Å². The van der Waals surface area contributed by atoms with E-state index in [2.05, 4.69) is 24.6 Å². The monoisotopic (exact) mass is 185 g/mol. The van der Waals surface area contributed by atoms with Gasteiger partial charge in [-0.15, -0.1) is 0 Å². The number of hydrogen-bond donors (Lipinski definition) is 1. The lowest BCUT2D eigenvalue weighted by molar-refractivity contribution is 0.00302. The molecule has 1 nitrogen and oxygen atoms in total. The van der Waals surface area contributed by atoms with Gasteiger partial charge in [-0.3, -0.25) is 0 Å². The third-order valence-corrected chi connectivity index (χ3v) is 4.27. The van der Waals surface area contributed by atoms with Gasteiger partial charge in [0, 0.05) is 0 Å². The molecule has 2 rings (SSSR count). The molecule has 1 aliphatic heterocycles. The Morgan fingerprint density at radius 2 is 1.92 bits per heavy atom. The molecule has 1 spiro atoms. The van der Waals surface area contributed by atoms with Crippen LogP contribution in [0.4, 0.5) is 0 Å². The molecule has 0 atom stereocenters. The van der Waals surface area contributed by atoms with E-state index in [4.69, 9.17) is 0 Å². The van der Waals surface area contributed by atoms with Crippen LogP contribution in [0.5, 0.6) is 0 Å². The molecule has 0 aromatic carbocycles. The number of nitrogens with zero attached hydrogens (tertiary/aromatic N) is 1. The Hall–Kier alpha value is 0.310. The van der Waals surface area contributed by atoms with Crippen LogP contribution in [0.25, 0.3) is 0 Å². The summed E-state index contributed by atoms with van der Waals surface area (Å²) in [6, 6.07) is 0. The summed E-state index contributed by atoms with van der Waals surface area (Å²) in [5.41, 5.74) is 0.764. The molecule has 12 heavy (non-hydrogen) atoms. The number of hydrogen-bond acceptors (Lipinski definition) is 2. The van der Waals surface area contributed by atoms with Crippen LogP contribution >= 0.6 is 12.6 Å². The average molecular weight is 185 g/mol. The van der Waals surface area contributed by atoms with Crippen molar-refractivity contribution in [2.75, 3.05) is 25.9 Å². The van der Waals surface area contributed by atoms with Crippen molar-refractivity contribution in [1.82, 2.24) is 4.90 Å². The maximum atomic E-state index is 4.36. The van der Waals surface area contributed by atoms with Gasteiger partial charge in [0.05, 0.1) is 0 Å². The second-order valence-electron chi connectivity index (χ2n) is 4.76. The fraction of sp³-hybridized carbons (Fsp3) is 1.00. The summed E-state index contributed by atoms with van der Waals surface area (Å²) < 4.78 is 0. The second kappa shape index (κ2) is 3.22. The molecule has 2 fully saturated rings. The van der Waals surface area contributed by atoms with E-state index in [1.165, 1.54) is 38.8 Å². The van der Waals surface area contributed by atoms with Crippen LogP contribution in [0.1, 0.15) is 25.7 Å². The minimum atomic E-state index is 0.764. The zero-order valence-corrected chi connectivity index (χ0v) is 8.82. The molecule has 1 aliphatic carbocycles. The van der Waals surface area contributed by atoms with Crippen LogP contribution in [0.15, 0.2) is 0 Å². The quantitative estimate of drug-likeness (QED) is 0.612. The van der Waals surface area contributed by atoms with Gasteiger partial charge in [0.2, 0.25) is 0 Å². The standard InChI is InChI=1S/C10H19NS/c1-11-4-2-10(3-5-11)6-9(7-10)8-12/h9,12H,2-8H2,1H3. The summed E-state index contributed by atoms with van der Waals surface area (Å²) in [5.74, 6) is 2.05. The van der Waals surface area contributed by atoms with Gasteiger partial charge in [-0.1, -0.05) is 0 Å². The maximum absolute atomic E-state index is 4.36. The van der Waals surface area contributed by atoms with Crippen LogP contribution in [-0.4, -0.2) is 30.8 Å². The Balaban J connectivity index is 1.83. The topological polar surface area (TPSA) is 3.24 Å². The van der Waals surface area contributed by atoms with E-state index < -0.39 is 0 Å². The zero-order valence-electron chi connectivity index (χ0n) is 7.92. The summed E-state index contributed by atoms with van der Waals surface area (Å²) in [6.07, 6.45) is 5.80. The normalized spacial score (nSPS) is 30.5. The lowest BCUT2D eigenvalue weighted by Gasteiger charge is -2.51. The van der Waals surface area contributed by atoms with Crippen LogP contribution in [0.3, 0.4) is 0 Å². The Morgan fingerprint density at radius 3 is 2.42 bits per heavy atom. The first-order valence-electron chi connectivity index (χ1n) is 5.03. The van der Waals surface area contributed by atoms with Gasteiger partial charge >= 0.3 is 0 Å². The van der Waals surface area contributed by atoms with Crippen molar-refractivity contribution in [1.29, 1.82) is 0 Å². The molecule has 0 unspecified atom stereocenters. The molecule has 0 amide bonds. The Bertz CT molecular complexity index is 146. The van der Waals surface area contributed by atoms with Crippen molar-refractivity contribution < 1.29 is 0 Å². The molecule has 70 valence electrons. The van der Waals surface area contributed by atoms with Crippen LogP contribution in [0.2, 0.25) is 0 Å². The number of thiol groups is 1. The molecule has 1 heterocycles. The van der Waals surface area contributed by atoms with Gasteiger partial charge in [0.1, 0.15) is 0 Å². The molecule has 0 aromatic rings. The third kappa shape index (κ3) is 1.51. The summed E-state index contributed by atoms with van der Waals surface area (Å²) in [6.45, 7) is 2.64. The first-order chi connectivity index (χ1) is 5.74. The highest BCUT2D eigenvalue weighted by atomic mass is 32.1. The van der Waals surface area contributed by atoms with Gasteiger partial charge in [0.25, 0.3) is 0 Å². The SMILES string of the molecule is CN1CCC2(CC1)CC(CS)C2. The van der Waals surface area contributed by atoms with Crippen molar-refractivity contribution in [2.24, 2.45) is 11.3 Å². The van der Waals surface area contributed by atoms with Crippen LogP contribution in [-0.2, 0) is 0 Å². The van der Waals surface area contributed by atoms with Crippen molar-refractivity contribution >= 4 is 12.6 Å². The van der Waals surface area contributed by atoms with Crippen LogP contribution in [0, 0.1) is 11.3 Å². The molecule has 2 heteroatoms. The van der Waals surface area contributed by atoms with Gasteiger partial charge < -0.3 is 4.90 Å². The van der Waals surface area contributed by atoms with E-state index in [1.807, 2.05) is 0 Å². The molecule has 0 N–H and O–H groups in total. The summed E-state index contributed by atoms with van der Waals surface area (Å²) in [4.78, 5) is 2.46. The smallest absolute Gasteiger partial charge is 0.00165 e. The van der Waals surface area contributed by atoms with Crippen molar-refractivity contribution in [2.45, 2.75) is 25.7 Å². The summed E-state index contributed by atoms with van der Waals surface area (Å²) in [5, 5.41) is 0. The maximum Gasteiger partial charge on any atom is -0.00165 e. The predicted molar refractivity (Wildman–Crippen MR) is 55.7 cm³/mol. The minimum absolute atomic E-state index is 0.764. The van der Waals surface area contributed by atoms with E-state index in [0.29, 0.717) is 0 Å². The average Bonchev–Trinajstić information content (AvgIpc) is 2.02. The molecule has 1 saturated heterocycles. The van der Waals surface area contributed by atoms with E-state index in [1.54, 1.807) is 0 Å². The molecule has 1 saturated carbocycles. The predicted octanol–water partition coefficient (Wildman–Crippen LogP) is 2.04. The van der Waals surface area contributed by atoms with Gasteiger partial charge in [0.15, 0.2) is 0 Å². The first-order valence-corrected chi connectivity index (χ1v) is 5.67. The molecule has 0 radical (unpaired) electrons. The molecular weight excluding hydrogens is 166 g/mol. The van der Waals surface area contributed by atoms with Crippen molar-refractivity contribution in [3.8, 4) is 0 Å². The fourth-order valence-electron chi connectivity index (χ4n) is 2.80. The summed E-state index contributed by atoms with van der Waals surface area (Å²) in [7, 11) is 2.24. The molecule has 0 aromatic heterocycles. The van der Waals surface area contributed by atoms with E-state index in [9.17, 15) is 0 Å².